The summed E-state index contributed by atoms with van der Waals surface area (Å²) in [5.74, 6) is -1.39. The lowest BCUT2D eigenvalue weighted by Crippen LogP contribution is -2.35. The van der Waals surface area contributed by atoms with E-state index in [4.69, 9.17) is 9.52 Å². The van der Waals surface area contributed by atoms with E-state index in [1.54, 1.807) is 31.2 Å². The number of carboxylic acids is 1. The molecule has 1 aliphatic heterocycles. The van der Waals surface area contributed by atoms with E-state index >= 15 is 0 Å². The Morgan fingerprint density at radius 2 is 1.59 bits per heavy atom. The summed E-state index contributed by atoms with van der Waals surface area (Å²) in [5.41, 5.74) is 1.97. The third-order valence-electron chi connectivity index (χ3n) is 4.88. The van der Waals surface area contributed by atoms with Crippen molar-refractivity contribution in [1.82, 2.24) is 4.90 Å². The van der Waals surface area contributed by atoms with Crippen molar-refractivity contribution in [3.05, 3.63) is 47.4 Å². The molecule has 0 bridgehead atoms. The number of amides is 3. The van der Waals surface area contributed by atoms with Gasteiger partial charge in [0, 0.05) is 30.0 Å². The zero-order valence-electron chi connectivity index (χ0n) is 16.4. The normalized spacial score (nSPS) is 14.2. The number of likely N-dealkylation sites (tertiary alicyclic amines) is 1. The van der Waals surface area contributed by atoms with Crippen molar-refractivity contribution < 1.29 is 23.9 Å². The van der Waals surface area contributed by atoms with E-state index in [1.165, 1.54) is 6.26 Å². The van der Waals surface area contributed by atoms with E-state index in [0.717, 1.165) is 38.8 Å². The van der Waals surface area contributed by atoms with E-state index in [-0.39, 0.29) is 23.8 Å². The molecule has 154 valence electrons. The first-order valence-electron chi connectivity index (χ1n) is 9.70. The second kappa shape index (κ2) is 9.27. The van der Waals surface area contributed by atoms with Crippen LogP contribution in [0.25, 0.3) is 0 Å². The van der Waals surface area contributed by atoms with Crippen LogP contribution in [-0.4, -0.2) is 41.0 Å². The minimum Gasteiger partial charge on any atom is -0.481 e. The fraction of sp³-hybridized carbons (Fsp3) is 0.381. The predicted octanol–water partition coefficient (Wildman–Crippen LogP) is 3.88. The Morgan fingerprint density at radius 1 is 1.00 bits per heavy atom. The van der Waals surface area contributed by atoms with Gasteiger partial charge in [0.2, 0.25) is 0 Å². The molecule has 0 unspecified atom stereocenters. The number of carboxylic acid groups (broad SMARTS) is 1. The van der Waals surface area contributed by atoms with Gasteiger partial charge in [-0.15, -0.1) is 0 Å². The zero-order valence-corrected chi connectivity index (χ0v) is 16.4. The first-order valence-corrected chi connectivity index (χ1v) is 9.70. The number of benzene rings is 1. The van der Waals surface area contributed by atoms with Crippen LogP contribution in [0.5, 0.6) is 0 Å². The number of furan rings is 1. The van der Waals surface area contributed by atoms with Crippen LogP contribution < -0.4 is 10.6 Å². The van der Waals surface area contributed by atoms with Gasteiger partial charge in [-0.05, 0) is 44.0 Å². The monoisotopic (exact) mass is 399 g/mol. The fourth-order valence-electron chi connectivity index (χ4n) is 3.38. The molecule has 2 heterocycles. The Bertz CT molecular complexity index is 880. The molecule has 8 nitrogen and oxygen atoms in total. The Labute approximate surface area is 168 Å². The minimum atomic E-state index is -1.07. The van der Waals surface area contributed by atoms with Crippen molar-refractivity contribution in [2.24, 2.45) is 0 Å². The number of urea groups is 1. The molecule has 29 heavy (non-hydrogen) atoms. The highest BCUT2D eigenvalue weighted by Gasteiger charge is 2.21. The maximum atomic E-state index is 12.6. The van der Waals surface area contributed by atoms with Crippen LogP contribution in [-0.2, 0) is 11.2 Å². The molecule has 1 aliphatic rings. The van der Waals surface area contributed by atoms with Crippen LogP contribution in [0.1, 0.15) is 47.4 Å². The van der Waals surface area contributed by atoms with Crippen molar-refractivity contribution in [3.63, 3.8) is 0 Å². The van der Waals surface area contributed by atoms with Gasteiger partial charge in [-0.3, -0.25) is 9.59 Å². The third kappa shape index (κ3) is 5.37. The average molecular weight is 399 g/mol. The highest BCUT2D eigenvalue weighted by Crippen LogP contribution is 2.21. The Balaban J connectivity index is 1.62. The van der Waals surface area contributed by atoms with Crippen molar-refractivity contribution in [2.75, 3.05) is 23.7 Å². The Morgan fingerprint density at radius 3 is 2.17 bits per heavy atom. The van der Waals surface area contributed by atoms with Gasteiger partial charge in [0.05, 0.1) is 11.8 Å². The van der Waals surface area contributed by atoms with Crippen LogP contribution in [0.2, 0.25) is 0 Å². The second-order valence-electron chi connectivity index (χ2n) is 7.15. The average Bonchev–Trinajstić information content (AvgIpc) is 2.87. The maximum Gasteiger partial charge on any atom is 0.321 e. The number of carbonyl (C=O) groups is 3. The number of rotatable bonds is 5. The second-order valence-corrected chi connectivity index (χ2v) is 7.15. The molecule has 3 N–H and O–H groups in total. The van der Waals surface area contributed by atoms with Crippen molar-refractivity contribution in [3.8, 4) is 0 Å². The summed E-state index contributed by atoms with van der Waals surface area (Å²) in [7, 11) is 0. The molecule has 0 saturated carbocycles. The number of anilines is 2. The van der Waals surface area contributed by atoms with E-state index in [0.29, 0.717) is 16.9 Å². The summed E-state index contributed by atoms with van der Waals surface area (Å²) < 4.78 is 5.20. The lowest BCUT2D eigenvalue weighted by Gasteiger charge is -2.20. The minimum absolute atomic E-state index is 0.115. The van der Waals surface area contributed by atoms with Gasteiger partial charge >= 0.3 is 12.0 Å². The number of aryl methyl sites for hydroxylation is 1. The molecule has 0 atom stereocenters. The van der Waals surface area contributed by atoms with Gasteiger partial charge in [-0.2, -0.15) is 0 Å². The van der Waals surface area contributed by atoms with Crippen molar-refractivity contribution in [1.29, 1.82) is 0 Å². The standard InChI is InChI=1S/C21H25N3O5/c1-14-13-29-17(12-18(25)26)19(14)20(27)22-15-6-8-16(9-7-15)23-21(28)24-10-4-2-3-5-11-24/h6-9,13H,2-5,10-12H2,1H3,(H,22,27)(H,23,28)(H,25,26). The largest absolute Gasteiger partial charge is 0.481 e. The van der Waals surface area contributed by atoms with Crippen LogP contribution in [0, 0.1) is 6.92 Å². The maximum absolute atomic E-state index is 12.6. The first kappa shape index (κ1) is 20.4. The van der Waals surface area contributed by atoms with Gasteiger partial charge in [0.25, 0.3) is 5.91 Å². The molecule has 8 heteroatoms. The molecular weight excluding hydrogens is 374 g/mol. The summed E-state index contributed by atoms with van der Waals surface area (Å²) in [6, 6.07) is 6.68. The summed E-state index contributed by atoms with van der Waals surface area (Å²) in [6.45, 7) is 3.22. The molecule has 3 rings (SSSR count). The number of hydrogen-bond acceptors (Lipinski definition) is 4. The molecular formula is C21H25N3O5. The van der Waals surface area contributed by atoms with Gasteiger partial charge in [0.1, 0.15) is 12.2 Å². The van der Waals surface area contributed by atoms with Crippen LogP contribution in [0.3, 0.4) is 0 Å². The molecule has 0 aliphatic carbocycles. The highest BCUT2D eigenvalue weighted by molar-refractivity contribution is 6.06. The lowest BCUT2D eigenvalue weighted by atomic mass is 10.1. The van der Waals surface area contributed by atoms with Crippen LogP contribution in [0.4, 0.5) is 16.2 Å². The van der Waals surface area contributed by atoms with Gasteiger partial charge in [-0.1, -0.05) is 12.8 Å². The number of nitrogens with zero attached hydrogens (tertiary/aromatic N) is 1. The van der Waals surface area contributed by atoms with Crippen molar-refractivity contribution in [2.45, 2.75) is 39.0 Å². The Kier molecular flexibility index (Phi) is 6.54. The van der Waals surface area contributed by atoms with Crippen LogP contribution in [0.15, 0.2) is 34.9 Å². The van der Waals surface area contributed by atoms with Gasteiger partial charge in [-0.25, -0.2) is 4.79 Å². The van der Waals surface area contributed by atoms with Crippen molar-refractivity contribution >= 4 is 29.3 Å². The van der Waals surface area contributed by atoms with Gasteiger partial charge < -0.3 is 25.1 Å². The van der Waals surface area contributed by atoms with Gasteiger partial charge in [0.15, 0.2) is 0 Å². The topological polar surface area (TPSA) is 112 Å². The summed E-state index contributed by atoms with van der Waals surface area (Å²) >= 11 is 0. The van der Waals surface area contributed by atoms with E-state index < -0.39 is 11.9 Å². The Hall–Kier alpha value is -3.29. The summed E-state index contributed by atoms with van der Waals surface area (Å²) in [6.07, 6.45) is 5.36. The fourth-order valence-corrected chi connectivity index (χ4v) is 3.38. The highest BCUT2D eigenvalue weighted by atomic mass is 16.4. The molecule has 1 saturated heterocycles. The SMILES string of the molecule is Cc1coc(CC(=O)O)c1C(=O)Nc1ccc(NC(=O)N2CCCCCC2)cc1. The lowest BCUT2D eigenvalue weighted by molar-refractivity contribution is -0.136. The molecule has 3 amide bonds. The van der Waals surface area contributed by atoms with Crippen LogP contribution >= 0.6 is 0 Å². The number of nitrogens with one attached hydrogen (secondary N) is 2. The molecule has 1 aromatic heterocycles. The van der Waals surface area contributed by atoms with E-state index in [9.17, 15) is 14.4 Å². The predicted molar refractivity (Wildman–Crippen MR) is 108 cm³/mol. The number of hydrogen-bond donors (Lipinski definition) is 3. The first-order chi connectivity index (χ1) is 13.9. The molecule has 2 aromatic rings. The molecule has 1 fully saturated rings. The molecule has 0 radical (unpaired) electrons. The smallest absolute Gasteiger partial charge is 0.321 e. The molecule has 0 spiro atoms. The quantitative estimate of drug-likeness (QED) is 0.706. The van der Waals surface area contributed by atoms with E-state index in [1.807, 2.05) is 4.90 Å². The number of aliphatic carboxylic acids is 1. The number of carbonyl (C=O) groups excluding carboxylic acids is 2. The zero-order chi connectivity index (χ0) is 20.8. The summed E-state index contributed by atoms with van der Waals surface area (Å²) in [5, 5.41) is 14.6. The molecule has 1 aromatic carbocycles. The third-order valence-corrected chi connectivity index (χ3v) is 4.88. The van der Waals surface area contributed by atoms with E-state index in [2.05, 4.69) is 10.6 Å². The summed E-state index contributed by atoms with van der Waals surface area (Å²) in [4.78, 5) is 37.7.